The summed E-state index contributed by atoms with van der Waals surface area (Å²) in [6.07, 6.45) is -4.29. The van der Waals surface area contributed by atoms with E-state index in [-0.39, 0.29) is 0 Å². The Kier molecular flexibility index (Phi) is 4.53. The molecule has 0 aliphatic rings. The molecule has 0 bridgehead atoms. The summed E-state index contributed by atoms with van der Waals surface area (Å²) in [5.41, 5.74) is 7.80. The molecule has 0 aliphatic carbocycles. The van der Waals surface area contributed by atoms with Crippen molar-refractivity contribution in [1.29, 1.82) is 0 Å². The summed E-state index contributed by atoms with van der Waals surface area (Å²) >= 11 is 0. The smallest absolute Gasteiger partial charge is 0.370 e. The molecule has 21 heavy (non-hydrogen) atoms. The Morgan fingerprint density at radius 1 is 1.00 bits per heavy atom. The Balaban J connectivity index is 2.10. The summed E-state index contributed by atoms with van der Waals surface area (Å²) in [5, 5.41) is 0. The number of nitrogens with zero attached hydrogens (tertiary/aromatic N) is 1. The Morgan fingerprint density at radius 3 is 2.24 bits per heavy atom. The van der Waals surface area contributed by atoms with Crippen LogP contribution in [0.5, 0.6) is 0 Å². The molecule has 2 nitrogen and oxygen atoms in total. The van der Waals surface area contributed by atoms with E-state index in [4.69, 9.17) is 5.73 Å². The molecule has 2 rings (SSSR count). The van der Waals surface area contributed by atoms with Crippen LogP contribution < -0.4 is 10.6 Å². The van der Waals surface area contributed by atoms with Gasteiger partial charge in [-0.1, -0.05) is 24.3 Å². The minimum atomic E-state index is -4.29. The predicted molar refractivity (Wildman–Crippen MR) is 77.9 cm³/mol. The highest BCUT2D eigenvalue weighted by molar-refractivity contribution is 5.48. The number of rotatable bonds is 4. The van der Waals surface area contributed by atoms with Gasteiger partial charge in [-0.15, -0.1) is 0 Å². The number of hydrogen-bond donors (Lipinski definition) is 1. The summed E-state index contributed by atoms with van der Waals surface area (Å²) in [4.78, 5) is 1.97. The second-order valence-corrected chi connectivity index (χ2v) is 4.92. The zero-order valence-electron chi connectivity index (χ0n) is 11.7. The summed E-state index contributed by atoms with van der Waals surface area (Å²) in [6.45, 7) is 0.994. The van der Waals surface area contributed by atoms with Crippen molar-refractivity contribution >= 4 is 5.69 Å². The Labute approximate surface area is 122 Å². The van der Waals surface area contributed by atoms with Gasteiger partial charge in [-0.25, -0.2) is 0 Å². The van der Waals surface area contributed by atoms with Crippen LogP contribution in [0.1, 0.15) is 16.7 Å². The summed E-state index contributed by atoms with van der Waals surface area (Å²) in [7, 11) is 1.90. The van der Waals surface area contributed by atoms with Crippen LogP contribution in [-0.4, -0.2) is 7.05 Å². The molecule has 5 heteroatoms. The normalized spacial score (nSPS) is 11.5. The number of anilines is 1. The van der Waals surface area contributed by atoms with Crippen LogP contribution in [0.4, 0.5) is 18.9 Å². The molecule has 0 heterocycles. The van der Waals surface area contributed by atoms with E-state index in [0.29, 0.717) is 13.1 Å². The molecule has 2 aromatic carbocycles. The van der Waals surface area contributed by atoms with E-state index in [1.807, 2.05) is 36.2 Å². The first-order chi connectivity index (χ1) is 9.90. The highest BCUT2D eigenvalue weighted by Gasteiger charge is 2.29. The average molecular weight is 294 g/mol. The lowest BCUT2D eigenvalue weighted by molar-refractivity contribution is -0.137. The highest BCUT2D eigenvalue weighted by atomic mass is 19.4. The van der Waals surface area contributed by atoms with Gasteiger partial charge in [0.1, 0.15) is 0 Å². The van der Waals surface area contributed by atoms with Crippen molar-refractivity contribution < 1.29 is 13.2 Å². The molecule has 0 spiro atoms. The van der Waals surface area contributed by atoms with E-state index in [2.05, 4.69) is 0 Å². The lowest BCUT2D eigenvalue weighted by Crippen LogP contribution is -2.17. The van der Waals surface area contributed by atoms with E-state index in [9.17, 15) is 13.2 Å². The highest BCUT2D eigenvalue weighted by Crippen LogP contribution is 2.29. The van der Waals surface area contributed by atoms with Crippen LogP contribution in [0.25, 0.3) is 0 Å². The van der Waals surface area contributed by atoms with Crippen LogP contribution in [-0.2, 0) is 19.3 Å². The molecular weight excluding hydrogens is 277 g/mol. The van der Waals surface area contributed by atoms with Crippen LogP contribution in [0.3, 0.4) is 0 Å². The Bertz CT molecular complexity index is 591. The molecule has 0 atom stereocenters. The topological polar surface area (TPSA) is 29.3 Å². The average Bonchev–Trinajstić information content (AvgIpc) is 2.47. The molecule has 2 N–H and O–H groups in total. The van der Waals surface area contributed by atoms with Gasteiger partial charge in [-0.3, -0.25) is 0 Å². The van der Waals surface area contributed by atoms with Crippen LogP contribution in [0.15, 0.2) is 48.5 Å². The summed E-state index contributed by atoms with van der Waals surface area (Å²) < 4.78 is 37.5. The maximum atomic E-state index is 12.5. The van der Waals surface area contributed by atoms with E-state index in [1.165, 1.54) is 12.1 Å². The van der Waals surface area contributed by atoms with E-state index < -0.39 is 11.7 Å². The van der Waals surface area contributed by atoms with Gasteiger partial charge >= 0.3 is 6.18 Å². The monoisotopic (exact) mass is 294 g/mol. The molecule has 0 saturated carbocycles. The fourth-order valence-electron chi connectivity index (χ4n) is 2.09. The third kappa shape index (κ3) is 3.98. The van der Waals surface area contributed by atoms with E-state index >= 15 is 0 Å². The van der Waals surface area contributed by atoms with Crippen molar-refractivity contribution in [3.05, 3.63) is 65.2 Å². The first-order valence-electron chi connectivity index (χ1n) is 6.56. The lowest BCUT2D eigenvalue weighted by atomic mass is 10.1. The molecule has 0 saturated heterocycles. The third-order valence-electron chi connectivity index (χ3n) is 3.29. The van der Waals surface area contributed by atoms with Gasteiger partial charge in [-0.05, 0) is 35.4 Å². The third-order valence-corrected chi connectivity index (χ3v) is 3.29. The first kappa shape index (κ1) is 15.4. The first-order valence-corrected chi connectivity index (χ1v) is 6.56. The van der Waals surface area contributed by atoms with Gasteiger partial charge in [0.05, 0.1) is 5.56 Å². The lowest BCUT2D eigenvalue weighted by Gasteiger charge is -2.20. The molecule has 0 fully saturated rings. The van der Waals surface area contributed by atoms with Gasteiger partial charge in [0.25, 0.3) is 0 Å². The summed E-state index contributed by atoms with van der Waals surface area (Å²) in [6, 6.07) is 13.0. The van der Waals surface area contributed by atoms with Crippen molar-refractivity contribution in [2.45, 2.75) is 19.3 Å². The largest absolute Gasteiger partial charge is 0.416 e. The second-order valence-electron chi connectivity index (χ2n) is 4.92. The van der Waals surface area contributed by atoms with Gasteiger partial charge in [-0.2, -0.15) is 13.2 Å². The van der Waals surface area contributed by atoms with Gasteiger partial charge < -0.3 is 10.6 Å². The van der Waals surface area contributed by atoms with Gasteiger partial charge in [0, 0.05) is 25.8 Å². The van der Waals surface area contributed by atoms with Crippen molar-refractivity contribution in [2.75, 3.05) is 11.9 Å². The fourth-order valence-corrected chi connectivity index (χ4v) is 2.09. The SMILES string of the molecule is CN(Cc1ccc(C(F)(F)F)cc1)c1cccc(CN)c1. The molecule has 0 unspecified atom stereocenters. The standard InChI is InChI=1S/C16H17F3N2/c1-21(15-4-2-3-13(9-15)10-20)11-12-5-7-14(8-6-12)16(17,18)19/h2-9H,10-11,20H2,1H3. The van der Waals surface area contributed by atoms with Crippen molar-refractivity contribution in [3.63, 3.8) is 0 Å². The zero-order chi connectivity index (χ0) is 15.5. The fraction of sp³-hybridized carbons (Fsp3) is 0.250. The molecule has 0 aromatic heterocycles. The number of alkyl halides is 3. The van der Waals surface area contributed by atoms with Crippen molar-refractivity contribution in [3.8, 4) is 0 Å². The second kappa shape index (κ2) is 6.18. The zero-order valence-corrected chi connectivity index (χ0v) is 11.7. The molecule has 0 amide bonds. The number of hydrogen-bond acceptors (Lipinski definition) is 2. The molecule has 112 valence electrons. The molecule has 0 radical (unpaired) electrons. The number of benzene rings is 2. The van der Waals surface area contributed by atoms with Gasteiger partial charge in [0.15, 0.2) is 0 Å². The maximum Gasteiger partial charge on any atom is 0.416 e. The maximum absolute atomic E-state index is 12.5. The van der Waals surface area contributed by atoms with Crippen LogP contribution >= 0.6 is 0 Å². The molecule has 2 aromatic rings. The molecule has 0 aliphatic heterocycles. The van der Waals surface area contributed by atoms with E-state index in [0.717, 1.165) is 28.9 Å². The van der Waals surface area contributed by atoms with E-state index in [1.54, 1.807) is 0 Å². The Hall–Kier alpha value is -2.01. The number of nitrogens with two attached hydrogens (primary N) is 1. The Morgan fingerprint density at radius 2 is 1.67 bits per heavy atom. The number of halogens is 3. The summed E-state index contributed by atoms with van der Waals surface area (Å²) in [5.74, 6) is 0. The van der Waals surface area contributed by atoms with Crippen LogP contribution in [0, 0.1) is 0 Å². The van der Waals surface area contributed by atoms with Crippen molar-refractivity contribution in [2.24, 2.45) is 5.73 Å². The minimum absolute atomic E-state index is 0.460. The molecular formula is C16H17F3N2. The quantitative estimate of drug-likeness (QED) is 0.929. The van der Waals surface area contributed by atoms with Gasteiger partial charge in [0.2, 0.25) is 0 Å². The predicted octanol–water partition coefficient (Wildman–Crippen LogP) is 3.80. The van der Waals surface area contributed by atoms with Crippen LogP contribution in [0.2, 0.25) is 0 Å². The van der Waals surface area contributed by atoms with Crippen molar-refractivity contribution in [1.82, 2.24) is 0 Å². The minimum Gasteiger partial charge on any atom is -0.370 e.